The largest absolute Gasteiger partial charge is 0.327 e. The van der Waals surface area contributed by atoms with Crippen LogP contribution in [-0.4, -0.2) is 19.6 Å². The average Bonchev–Trinajstić information content (AvgIpc) is 2.18. The normalized spacial score (nSPS) is 37.3. The van der Waals surface area contributed by atoms with E-state index in [1.807, 2.05) is 20.9 Å². The van der Waals surface area contributed by atoms with Crippen LogP contribution in [0.1, 0.15) is 40.5 Å². The lowest BCUT2D eigenvalue weighted by molar-refractivity contribution is 0.179. The molecule has 0 radical (unpaired) electrons. The smallest absolute Gasteiger partial charge is 0.00820 e. The molecule has 0 heterocycles. The second kappa shape index (κ2) is 7.24. The van der Waals surface area contributed by atoms with Gasteiger partial charge in [0.05, 0.1) is 0 Å². The van der Waals surface area contributed by atoms with Gasteiger partial charge in [0.15, 0.2) is 0 Å². The summed E-state index contributed by atoms with van der Waals surface area (Å²) in [6.45, 7) is 9.75. The van der Waals surface area contributed by atoms with E-state index in [0.29, 0.717) is 12.0 Å². The van der Waals surface area contributed by atoms with Crippen molar-refractivity contribution in [3.8, 4) is 0 Å². The molecule has 0 aromatic heterocycles. The molecule has 1 aliphatic carbocycles. The summed E-state index contributed by atoms with van der Waals surface area (Å²) in [6, 6.07) is 0.420. The standard InChI is InChI=1S/C10H22N2.C2H6/c1-7-4-9(6-12-3)10(11)5-8(7)2;1-2/h7-10,12H,4-6,11H2,1-3H3;1-2H3. The molecule has 2 nitrogen and oxygen atoms in total. The van der Waals surface area contributed by atoms with Crippen LogP contribution in [0.15, 0.2) is 0 Å². The molecule has 0 aromatic carbocycles. The van der Waals surface area contributed by atoms with Crippen molar-refractivity contribution in [3.63, 3.8) is 0 Å². The Kier molecular flexibility index (Phi) is 7.20. The molecule has 0 bridgehead atoms. The van der Waals surface area contributed by atoms with Gasteiger partial charge >= 0.3 is 0 Å². The van der Waals surface area contributed by atoms with Gasteiger partial charge in [-0.25, -0.2) is 0 Å². The fraction of sp³-hybridized carbons (Fsp3) is 1.00. The quantitative estimate of drug-likeness (QED) is 0.717. The minimum absolute atomic E-state index is 0.420. The number of nitrogens with one attached hydrogen (secondary N) is 1. The van der Waals surface area contributed by atoms with Gasteiger partial charge in [0, 0.05) is 6.04 Å². The summed E-state index contributed by atoms with van der Waals surface area (Å²) >= 11 is 0. The lowest BCUT2D eigenvalue weighted by Gasteiger charge is -2.36. The van der Waals surface area contributed by atoms with E-state index in [-0.39, 0.29) is 0 Å². The van der Waals surface area contributed by atoms with Crippen molar-refractivity contribution in [1.29, 1.82) is 0 Å². The molecule has 4 atom stereocenters. The molecule has 1 fully saturated rings. The fourth-order valence-electron chi connectivity index (χ4n) is 2.24. The molecule has 1 aliphatic rings. The molecular formula is C12H28N2. The zero-order valence-electron chi connectivity index (χ0n) is 10.5. The maximum Gasteiger partial charge on any atom is 0.00820 e. The number of hydrogen-bond donors (Lipinski definition) is 2. The fourth-order valence-corrected chi connectivity index (χ4v) is 2.24. The molecule has 86 valence electrons. The Hall–Kier alpha value is -0.0800. The summed E-state index contributed by atoms with van der Waals surface area (Å²) in [5.41, 5.74) is 6.08. The summed E-state index contributed by atoms with van der Waals surface area (Å²) in [6.07, 6.45) is 2.50. The first-order chi connectivity index (χ1) is 6.65. The van der Waals surface area contributed by atoms with Gasteiger partial charge in [-0.15, -0.1) is 0 Å². The molecule has 0 spiro atoms. The van der Waals surface area contributed by atoms with E-state index in [9.17, 15) is 0 Å². The second-order valence-corrected chi connectivity index (χ2v) is 4.41. The van der Waals surface area contributed by atoms with Gasteiger partial charge in [-0.05, 0) is 44.2 Å². The minimum Gasteiger partial charge on any atom is -0.327 e. The molecule has 2 heteroatoms. The van der Waals surface area contributed by atoms with E-state index in [1.54, 1.807) is 0 Å². The minimum atomic E-state index is 0.420. The Bertz CT molecular complexity index is 136. The highest BCUT2D eigenvalue weighted by atomic mass is 14.8. The lowest BCUT2D eigenvalue weighted by atomic mass is 9.73. The lowest BCUT2D eigenvalue weighted by Crippen LogP contribution is -2.43. The van der Waals surface area contributed by atoms with Crippen LogP contribution >= 0.6 is 0 Å². The summed E-state index contributed by atoms with van der Waals surface area (Å²) in [5.74, 6) is 2.36. The van der Waals surface area contributed by atoms with Gasteiger partial charge in [-0.1, -0.05) is 27.7 Å². The van der Waals surface area contributed by atoms with Crippen molar-refractivity contribution in [1.82, 2.24) is 5.32 Å². The van der Waals surface area contributed by atoms with Gasteiger partial charge in [0.1, 0.15) is 0 Å². The van der Waals surface area contributed by atoms with Crippen LogP contribution in [0.25, 0.3) is 0 Å². The van der Waals surface area contributed by atoms with Crippen molar-refractivity contribution >= 4 is 0 Å². The SMILES string of the molecule is CC.CNCC1CC(C)C(C)CC1N. The number of nitrogens with two attached hydrogens (primary N) is 1. The van der Waals surface area contributed by atoms with E-state index in [0.717, 1.165) is 18.4 Å². The Balaban J connectivity index is 0.000000791. The Labute approximate surface area is 89.6 Å². The van der Waals surface area contributed by atoms with Crippen molar-refractivity contribution in [3.05, 3.63) is 0 Å². The first-order valence-corrected chi connectivity index (χ1v) is 6.05. The molecular weight excluding hydrogens is 172 g/mol. The number of rotatable bonds is 2. The van der Waals surface area contributed by atoms with Crippen molar-refractivity contribution in [2.24, 2.45) is 23.5 Å². The summed E-state index contributed by atoms with van der Waals surface area (Å²) in [4.78, 5) is 0. The number of hydrogen-bond acceptors (Lipinski definition) is 2. The van der Waals surface area contributed by atoms with E-state index in [2.05, 4.69) is 19.2 Å². The third kappa shape index (κ3) is 3.97. The second-order valence-electron chi connectivity index (χ2n) is 4.41. The van der Waals surface area contributed by atoms with Gasteiger partial charge in [-0.3, -0.25) is 0 Å². The highest BCUT2D eigenvalue weighted by molar-refractivity contribution is 4.85. The van der Waals surface area contributed by atoms with Crippen LogP contribution in [-0.2, 0) is 0 Å². The van der Waals surface area contributed by atoms with Crippen LogP contribution in [0.5, 0.6) is 0 Å². The molecule has 14 heavy (non-hydrogen) atoms. The van der Waals surface area contributed by atoms with Gasteiger partial charge < -0.3 is 11.1 Å². The highest BCUT2D eigenvalue weighted by Gasteiger charge is 2.29. The Morgan fingerprint density at radius 1 is 1.14 bits per heavy atom. The third-order valence-electron chi connectivity index (χ3n) is 3.36. The molecule has 0 saturated heterocycles. The summed E-state index contributed by atoms with van der Waals surface area (Å²) in [7, 11) is 2.01. The Morgan fingerprint density at radius 3 is 2.14 bits per heavy atom. The average molecular weight is 200 g/mol. The zero-order chi connectivity index (χ0) is 11.1. The monoisotopic (exact) mass is 200 g/mol. The molecule has 1 rings (SSSR count). The molecule has 3 N–H and O–H groups in total. The first-order valence-electron chi connectivity index (χ1n) is 6.05. The molecule has 0 aliphatic heterocycles. The molecule has 0 amide bonds. The zero-order valence-corrected chi connectivity index (χ0v) is 10.5. The third-order valence-corrected chi connectivity index (χ3v) is 3.36. The molecule has 0 aromatic rings. The highest BCUT2D eigenvalue weighted by Crippen LogP contribution is 2.32. The van der Waals surface area contributed by atoms with Crippen molar-refractivity contribution < 1.29 is 0 Å². The summed E-state index contributed by atoms with van der Waals surface area (Å²) < 4.78 is 0. The molecule has 1 saturated carbocycles. The maximum absolute atomic E-state index is 6.08. The van der Waals surface area contributed by atoms with Crippen LogP contribution in [0, 0.1) is 17.8 Å². The van der Waals surface area contributed by atoms with Crippen LogP contribution in [0.2, 0.25) is 0 Å². The predicted octanol–water partition coefficient (Wildman–Crippen LogP) is 2.24. The topological polar surface area (TPSA) is 38.0 Å². The summed E-state index contributed by atoms with van der Waals surface area (Å²) in [5, 5.41) is 3.22. The van der Waals surface area contributed by atoms with Gasteiger partial charge in [0.2, 0.25) is 0 Å². The van der Waals surface area contributed by atoms with Gasteiger partial charge in [-0.2, -0.15) is 0 Å². The van der Waals surface area contributed by atoms with Crippen LogP contribution in [0.4, 0.5) is 0 Å². The van der Waals surface area contributed by atoms with E-state index in [4.69, 9.17) is 5.73 Å². The molecule has 4 unspecified atom stereocenters. The van der Waals surface area contributed by atoms with Gasteiger partial charge in [0.25, 0.3) is 0 Å². The Morgan fingerprint density at radius 2 is 1.64 bits per heavy atom. The van der Waals surface area contributed by atoms with Crippen LogP contribution in [0.3, 0.4) is 0 Å². The maximum atomic E-state index is 6.08. The first kappa shape index (κ1) is 13.9. The predicted molar refractivity (Wildman–Crippen MR) is 64.3 cm³/mol. The van der Waals surface area contributed by atoms with Crippen molar-refractivity contribution in [2.75, 3.05) is 13.6 Å². The van der Waals surface area contributed by atoms with Crippen LogP contribution < -0.4 is 11.1 Å². The van der Waals surface area contributed by atoms with E-state index < -0.39 is 0 Å². The van der Waals surface area contributed by atoms with Crippen molar-refractivity contribution in [2.45, 2.75) is 46.6 Å². The van der Waals surface area contributed by atoms with E-state index >= 15 is 0 Å². The van der Waals surface area contributed by atoms with E-state index in [1.165, 1.54) is 12.8 Å².